The predicted octanol–water partition coefficient (Wildman–Crippen LogP) is 5.01. The van der Waals surface area contributed by atoms with Gasteiger partial charge in [-0.05, 0) is 60.0 Å². The number of aryl methyl sites for hydroxylation is 1. The van der Waals surface area contributed by atoms with Crippen LogP contribution >= 0.6 is 23.2 Å². The zero-order valence-corrected chi connectivity index (χ0v) is 17.8. The standard InChI is InChI=1S/C22H18Cl2O4S/c1-15-3-2-4-19(11-15)29(26,27)14-22(25)17-6-8-18(9-7-17)28-13-16-5-10-20(23)21(24)12-16/h2-12,14,25H,13H2,1H3/p-1/b22-14-. The van der Waals surface area contributed by atoms with Gasteiger partial charge in [-0.1, -0.05) is 59.3 Å². The van der Waals surface area contributed by atoms with E-state index in [1.807, 2.05) is 0 Å². The number of rotatable bonds is 6. The van der Waals surface area contributed by atoms with Crippen molar-refractivity contribution in [2.45, 2.75) is 18.4 Å². The maximum atomic E-state index is 12.4. The minimum atomic E-state index is -3.82. The summed E-state index contributed by atoms with van der Waals surface area (Å²) < 4.78 is 30.5. The molecule has 3 rings (SSSR count). The fourth-order valence-corrected chi connectivity index (χ4v) is 4.07. The van der Waals surface area contributed by atoms with Crippen molar-refractivity contribution in [1.29, 1.82) is 0 Å². The van der Waals surface area contributed by atoms with E-state index in [0.717, 1.165) is 16.5 Å². The Kier molecular flexibility index (Phi) is 6.52. The van der Waals surface area contributed by atoms with Crippen molar-refractivity contribution < 1.29 is 18.3 Å². The van der Waals surface area contributed by atoms with Gasteiger partial charge in [0, 0.05) is 5.41 Å². The first-order valence-corrected chi connectivity index (χ1v) is 10.9. The number of halogens is 2. The Morgan fingerprint density at radius 3 is 2.38 bits per heavy atom. The molecule has 0 saturated carbocycles. The van der Waals surface area contributed by atoms with Crippen molar-refractivity contribution in [2.24, 2.45) is 0 Å². The van der Waals surface area contributed by atoms with Crippen LogP contribution in [0.1, 0.15) is 16.7 Å². The first-order valence-electron chi connectivity index (χ1n) is 8.62. The van der Waals surface area contributed by atoms with Gasteiger partial charge in [0.15, 0.2) is 9.84 Å². The van der Waals surface area contributed by atoms with Crippen molar-refractivity contribution in [2.75, 3.05) is 0 Å². The largest absolute Gasteiger partial charge is 0.872 e. The molecule has 3 aromatic carbocycles. The molecule has 0 heterocycles. The molecule has 0 unspecified atom stereocenters. The van der Waals surface area contributed by atoms with Crippen molar-refractivity contribution in [3.63, 3.8) is 0 Å². The summed E-state index contributed by atoms with van der Waals surface area (Å²) in [5, 5.41) is 14.0. The SMILES string of the molecule is Cc1cccc(S(=O)(=O)/C=C(\[O-])c2ccc(OCc3ccc(Cl)c(Cl)c3)cc2)c1. The monoisotopic (exact) mass is 447 g/mol. The van der Waals surface area contributed by atoms with E-state index in [2.05, 4.69) is 0 Å². The molecule has 3 aromatic rings. The highest BCUT2D eigenvalue weighted by molar-refractivity contribution is 7.94. The average Bonchev–Trinajstić information content (AvgIpc) is 2.69. The number of sulfone groups is 1. The predicted molar refractivity (Wildman–Crippen MR) is 114 cm³/mol. The quantitative estimate of drug-likeness (QED) is 0.497. The minimum absolute atomic E-state index is 0.0902. The third-order valence-corrected chi connectivity index (χ3v) is 6.28. The molecule has 150 valence electrons. The molecule has 0 aromatic heterocycles. The maximum Gasteiger partial charge on any atom is 0.199 e. The highest BCUT2D eigenvalue weighted by Gasteiger charge is 2.11. The third kappa shape index (κ3) is 5.54. The summed E-state index contributed by atoms with van der Waals surface area (Å²) in [7, 11) is -3.82. The van der Waals surface area contributed by atoms with Crippen LogP contribution in [0.25, 0.3) is 5.76 Å². The van der Waals surface area contributed by atoms with Gasteiger partial charge in [-0.25, -0.2) is 8.42 Å². The summed E-state index contributed by atoms with van der Waals surface area (Å²) in [4.78, 5) is 0.0902. The van der Waals surface area contributed by atoms with Gasteiger partial charge in [-0.15, -0.1) is 0 Å². The van der Waals surface area contributed by atoms with Gasteiger partial charge in [0.25, 0.3) is 0 Å². The molecule has 0 saturated heterocycles. The molecule has 4 nitrogen and oxygen atoms in total. The number of hydrogen-bond acceptors (Lipinski definition) is 4. The second-order valence-corrected chi connectivity index (χ2v) is 9.02. The maximum absolute atomic E-state index is 12.4. The van der Waals surface area contributed by atoms with Crippen LogP contribution in [-0.4, -0.2) is 8.42 Å². The second-order valence-electron chi connectivity index (χ2n) is 6.41. The van der Waals surface area contributed by atoms with E-state index in [1.54, 1.807) is 49.4 Å². The fourth-order valence-electron chi connectivity index (χ4n) is 2.58. The highest BCUT2D eigenvalue weighted by Crippen LogP contribution is 2.24. The number of hydrogen-bond donors (Lipinski definition) is 0. The summed E-state index contributed by atoms with van der Waals surface area (Å²) in [6, 6.07) is 17.9. The summed E-state index contributed by atoms with van der Waals surface area (Å²) in [6.07, 6.45) is 0. The van der Waals surface area contributed by atoms with Crippen LogP contribution in [0.15, 0.2) is 77.0 Å². The molecular weight excluding hydrogens is 431 g/mol. The lowest BCUT2D eigenvalue weighted by atomic mass is 10.2. The Labute approximate surface area is 179 Å². The Bertz CT molecular complexity index is 1150. The zero-order valence-electron chi connectivity index (χ0n) is 15.4. The van der Waals surface area contributed by atoms with E-state index in [0.29, 0.717) is 15.8 Å². The molecule has 0 fully saturated rings. The van der Waals surface area contributed by atoms with E-state index < -0.39 is 15.6 Å². The van der Waals surface area contributed by atoms with Crippen LogP contribution in [0.5, 0.6) is 5.75 Å². The topological polar surface area (TPSA) is 66.4 Å². The molecule has 7 heteroatoms. The van der Waals surface area contributed by atoms with Gasteiger partial charge in [-0.3, -0.25) is 0 Å². The summed E-state index contributed by atoms with van der Waals surface area (Å²) in [5.41, 5.74) is 1.90. The molecule has 0 N–H and O–H groups in total. The van der Waals surface area contributed by atoms with E-state index in [4.69, 9.17) is 27.9 Å². The average molecular weight is 448 g/mol. The lowest BCUT2D eigenvalue weighted by molar-refractivity contribution is -0.243. The number of benzene rings is 3. The molecule has 0 spiro atoms. The van der Waals surface area contributed by atoms with Crippen molar-refractivity contribution in [1.82, 2.24) is 0 Å². The summed E-state index contributed by atoms with van der Waals surface area (Å²) in [6.45, 7) is 2.07. The Hall–Kier alpha value is -2.47. The van der Waals surface area contributed by atoms with Gasteiger partial charge >= 0.3 is 0 Å². The fraction of sp³-hybridized carbons (Fsp3) is 0.0909. The third-order valence-electron chi connectivity index (χ3n) is 4.11. The Morgan fingerprint density at radius 1 is 1.00 bits per heavy atom. The molecule has 0 atom stereocenters. The van der Waals surface area contributed by atoms with Gasteiger partial charge in [0.05, 0.1) is 14.9 Å². The second kappa shape index (κ2) is 8.91. The first kappa shape index (κ1) is 21.2. The molecule has 0 radical (unpaired) electrons. The Morgan fingerprint density at radius 2 is 1.72 bits per heavy atom. The number of ether oxygens (including phenoxy) is 1. The molecule has 0 aliphatic heterocycles. The highest BCUT2D eigenvalue weighted by atomic mass is 35.5. The lowest BCUT2D eigenvalue weighted by Gasteiger charge is -2.14. The molecule has 0 aliphatic carbocycles. The molecule has 0 aliphatic rings. The van der Waals surface area contributed by atoms with E-state index >= 15 is 0 Å². The minimum Gasteiger partial charge on any atom is -0.872 e. The van der Waals surface area contributed by atoms with Gasteiger partial charge in [-0.2, -0.15) is 0 Å². The van der Waals surface area contributed by atoms with Crippen LogP contribution in [0.4, 0.5) is 0 Å². The molecule has 29 heavy (non-hydrogen) atoms. The van der Waals surface area contributed by atoms with Crippen LogP contribution in [0.2, 0.25) is 10.0 Å². The van der Waals surface area contributed by atoms with Gasteiger partial charge in [0.2, 0.25) is 0 Å². The molecule has 0 amide bonds. The van der Waals surface area contributed by atoms with E-state index in [9.17, 15) is 13.5 Å². The van der Waals surface area contributed by atoms with E-state index in [-0.39, 0.29) is 17.1 Å². The van der Waals surface area contributed by atoms with Crippen LogP contribution in [0, 0.1) is 6.92 Å². The smallest absolute Gasteiger partial charge is 0.199 e. The molecule has 0 bridgehead atoms. The Balaban J connectivity index is 1.71. The summed E-state index contributed by atoms with van der Waals surface area (Å²) in [5.74, 6) is -0.0586. The van der Waals surface area contributed by atoms with Crippen molar-refractivity contribution in [3.05, 3.63) is 98.9 Å². The van der Waals surface area contributed by atoms with Crippen molar-refractivity contribution >= 4 is 38.8 Å². The van der Waals surface area contributed by atoms with Gasteiger partial charge < -0.3 is 9.84 Å². The van der Waals surface area contributed by atoms with Crippen molar-refractivity contribution in [3.8, 4) is 5.75 Å². The van der Waals surface area contributed by atoms with E-state index in [1.165, 1.54) is 24.3 Å². The van der Waals surface area contributed by atoms with Crippen LogP contribution in [0.3, 0.4) is 0 Å². The van der Waals surface area contributed by atoms with Crippen LogP contribution < -0.4 is 9.84 Å². The van der Waals surface area contributed by atoms with Gasteiger partial charge in [0.1, 0.15) is 12.4 Å². The lowest BCUT2D eigenvalue weighted by Crippen LogP contribution is -2.07. The molecular formula is C22H17Cl2O4S-. The van der Waals surface area contributed by atoms with Crippen LogP contribution in [-0.2, 0) is 16.4 Å². The zero-order chi connectivity index (χ0) is 21.0. The first-order chi connectivity index (χ1) is 13.7. The summed E-state index contributed by atoms with van der Waals surface area (Å²) >= 11 is 11.9. The normalized spacial score (nSPS) is 12.0.